The first-order chi connectivity index (χ1) is 5.95. The second-order valence-electron chi connectivity index (χ2n) is 2.59. The van der Waals surface area contributed by atoms with Crippen LogP contribution in [0, 0.1) is 18.3 Å². The predicted octanol–water partition coefficient (Wildman–Crippen LogP) is 1.11. The molecule has 68 valence electrons. The van der Waals surface area contributed by atoms with Crippen LogP contribution in [0.3, 0.4) is 0 Å². The average Bonchev–Trinajstić information content (AvgIpc) is 2.01. The lowest BCUT2D eigenvalue weighted by Gasteiger charge is -2.00. The van der Waals surface area contributed by atoms with Crippen LogP contribution in [0.15, 0.2) is 23.1 Å². The zero-order valence-electron chi connectivity index (χ0n) is 6.85. The molecule has 5 heteroatoms. The van der Waals surface area contributed by atoms with Crippen molar-refractivity contribution < 1.29 is 13.0 Å². The van der Waals surface area contributed by atoms with Crippen molar-refractivity contribution in [1.82, 2.24) is 0 Å². The molecule has 0 unspecified atom stereocenters. The van der Waals surface area contributed by atoms with Gasteiger partial charge < -0.3 is 0 Å². The predicted molar refractivity (Wildman–Crippen MR) is 45.7 cm³/mol. The number of benzene rings is 1. The number of hydrogen-bond donors (Lipinski definition) is 1. The highest BCUT2D eigenvalue weighted by atomic mass is 32.2. The van der Waals surface area contributed by atoms with Gasteiger partial charge in [-0.25, -0.2) is 0 Å². The Balaban J connectivity index is 3.50. The van der Waals surface area contributed by atoms with E-state index in [0.717, 1.165) is 5.56 Å². The molecule has 1 rings (SSSR count). The highest BCUT2D eigenvalue weighted by Crippen LogP contribution is 2.15. The maximum atomic E-state index is 10.7. The maximum Gasteiger partial charge on any atom is 0.295 e. The third-order valence-electron chi connectivity index (χ3n) is 1.53. The topological polar surface area (TPSA) is 78.2 Å². The maximum absolute atomic E-state index is 10.7. The van der Waals surface area contributed by atoms with Gasteiger partial charge in [-0.1, -0.05) is 6.07 Å². The minimum absolute atomic E-state index is 0.0394. The van der Waals surface area contributed by atoms with Crippen molar-refractivity contribution >= 4 is 10.1 Å². The summed E-state index contributed by atoms with van der Waals surface area (Å²) in [6.07, 6.45) is 0. The molecule has 0 amide bonds. The second-order valence-corrected chi connectivity index (χ2v) is 3.98. The van der Waals surface area contributed by atoms with E-state index >= 15 is 0 Å². The van der Waals surface area contributed by atoms with Gasteiger partial charge in [0.1, 0.15) is 11.0 Å². The molecule has 0 aliphatic carbocycles. The molecule has 0 aliphatic rings. The van der Waals surface area contributed by atoms with Crippen LogP contribution in [0.4, 0.5) is 0 Å². The average molecular weight is 197 g/mol. The first-order valence-electron chi connectivity index (χ1n) is 3.43. The second kappa shape index (κ2) is 3.17. The van der Waals surface area contributed by atoms with Gasteiger partial charge in [0.2, 0.25) is 0 Å². The molecule has 1 aromatic carbocycles. The van der Waals surface area contributed by atoms with Crippen molar-refractivity contribution in [2.75, 3.05) is 0 Å². The number of nitrogens with zero attached hydrogens (tertiary/aromatic N) is 1. The Labute approximate surface area is 76.2 Å². The molecule has 0 heterocycles. The van der Waals surface area contributed by atoms with Crippen LogP contribution in [-0.4, -0.2) is 13.0 Å². The number of nitriles is 1. The van der Waals surface area contributed by atoms with E-state index in [9.17, 15) is 8.42 Å². The lowest BCUT2D eigenvalue weighted by atomic mass is 10.2. The van der Waals surface area contributed by atoms with Crippen LogP contribution in [0.25, 0.3) is 0 Å². The highest BCUT2D eigenvalue weighted by Gasteiger charge is 2.14. The number of hydrogen-bond acceptors (Lipinski definition) is 3. The van der Waals surface area contributed by atoms with E-state index in [2.05, 4.69) is 0 Å². The van der Waals surface area contributed by atoms with Crippen molar-refractivity contribution in [2.45, 2.75) is 11.8 Å². The SMILES string of the molecule is Cc1ccc(S(=O)(=O)O)c(C#N)c1. The fourth-order valence-corrected chi connectivity index (χ4v) is 1.58. The van der Waals surface area contributed by atoms with Crippen LogP contribution in [0.2, 0.25) is 0 Å². The Morgan fingerprint density at radius 1 is 1.46 bits per heavy atom. The monoisotopic (exact) mass is 197 g/mol. The van der Waals surface area contributed by atoms with Gasteiger partial charge in [0.15, 0.2) is 0 Å². The minimum atomic E-state index is -4.28. The van der Waals surface area contributed by atoms with Gasteiger partial charge in [0.25, 0.3) is 10.1 Å². The summed E-state index contributed by atoms with van der Waals surface area (Å²) >= 11 is 0. The summed E-state index contributed by atoms with van der Waals surface area (Å²) < 4.78 is 30.2. The van der Waals surface area contributed by atoms with E-state index in [4.69, 9.17) is 9.81 Å². The zero-order chi connectivity index (χ0) is 10.1. The summed E-state index contributed by atoms with van der Waals surface area (Å²) in [5, 5.41) is 8.58. The largest absolute Gasteiger partial charge is 0.295 e. The molecular weight excluding hydrogens is 190 g/mol. The summed E-state index contributed by atoms with van der Waals surface area (Å²) in [4.78, 5) is -0.347. The third kappa shape index (κ3) is 2.05. The molecule has 0 saturated carbocycles. The van der Waals surface area contributed by atoms with Gasteiger partial charge in [-0.15, -0.1) is 0 Å². The van der Waals surface area contributed by atoms with Crippen LogP contribution in [-0.2, 0) is 10.1 Å². The van der Waals surface area contributed by atoms with Crippen LogP contribution in [0.5, 0.6) is 0 Å². The first-order valence-corrected chi connectivity index (χ1v) is 4.87. The van der Waals surface area contributed by atoms with Crippen molar-refractivity contribution in [3.8, 4) is 6.07 Å². The number of rotatable bonds is 1. The molecule has 0 spiro atoms. The first kappa shape index (κ1) is 9.71. The Morgan fingerprint density at radius 2 is 2.08 bits per heavy atom. The fraction of sp³-hybridized carbons (Fsp3) is 0.125. The molecule has 0 atom stereocenters. The van der Waals surface area contributed by atoms with Crippen LogP contribution < -0.4 is 0 Å². The van der Waals surface area contributed by atoms with Gasteiger partial charge in [-0.3, -0.25) is 4.55 Å². The van der Waals surface area contributed by atoms with Crippen molar-refractivity contribution in [3.63, 3.8) is 0 Å². The van der Waals surface area contributed by atoms with Crippen molar-refractivity contribution in [3.05, 3.63) is 29.3 Å². The minimum Gasteiger partial charge on any atom is -0.282 e. The summed E-state index contributed by atoms with van der Waals surface area (Å²) in [6, 6.07) is 5.84. The van der Waals surface area contributed by atoms with Gasteiger partial charge in [0.05, 0.1) is 5.56 Å². The molecule has 1 aromatic rings. The van der Waals surface area contributed by atoms with E-state index in [1.807, 2.05) is 0 Å². The van der Waals surface area contributed by atoms with Crippen LogP contribution in [0.1, 0.15) is 11.1 Å². The Morgan fingerprint density at radius 3 is 2.54 bits per heavy atom. The molecule has 0 aliphatic heterocycles. The third-order valence-corrected chi connectivity index (χ3v) is 2.45. The molecular formula is C8H7NO3S. The highest BCUT2D eigenvalue weighted by molar-refractivity contribution is 7.85. The lowest BCUT2D eigenvalue weighted by molar-refractivity contribution is 0.483. The summed E-state index contributed by atoms with van der Waals surface area (Å²) in [7, 11) is -4.28. The van der Waals surface area contributed by atoms with Crippen molar-refractivity contribution in [2.24, 2.45) is 0 Å². The summed E-state index contributed by atoms with van der Waals surface area (Å²) in [6.45, 7) is 1.73. The molecule has 1 N–H and O–H groups in total. The Bertz CT molecular complexity index is 471. The molecule has 0 bridgehead atoms. The smallest absolute Gasteiger partial charge is 0.282 e. The molecule has 13 heavy (non-hydrogen) atoms. The quantitative estimate of drug-likeness (QED) is 0.684. The normalized spacial score (nSPS) is 10.8. The zero-order valence-corrected chi connectivity index (χ0v) is 7.67. The standard InChI is InChI=1S/C8H7NO3S/c1-6-2-3-8(13(10,11)12)7(4-6)5-9/h2-4H,1H3,(H,10,11,12). The number of aryl methyl sites for hydroxylation is 1. The van der Waals surface area contributed by atoms with E-state index in [0.29, 0.717) is 0 Å². The molecule has 0 fully saturated rings. The van der Waals surface area contributed by atoms with Gasteiger partial charge in [-0.05, 0) is 24.6 Å². The van der Waals surface area contributed by atoms with E-state index in [1.54, 1.807) is 13.0 Å². The van der Waals surface area contributed by atoms with E-state index < -0.39 is 10.1 Å². The Kier molecular flexibility index (Phi) is 2.36. The van der Waals surface area contributed by atoms with E-state index in [-0.39, 0.29) is 10.5 Å². The molecule has 0 radical (unpaired) electrons. The van der Waals surface area contributed by atoms with Crippen LogP contribution >= 0.6 is 0 Å². The van der Waals surface area contributed by atoms with Gasteiger partial charge in [-0.2, -0.15) is 13.7 Å². The lowest BCUT2D eigenvalue weighted by Crippen LogP contribution is -2.01. The van der Waals surface area contributed by atoms with Crippen molar-refractivity contribution in [1.29, 1.82) is 5.26 Å². The molecule has 0 saturated heterocycles. The van der Waals surface area contributed by atoms with E-state index in [1.165, 1.54) is 18.2 Å². The molecule has 0 aromatic heterocycles. The Hall–Kier alpha value is -1.38. The summed E-state index contributed by atoms with van der Waals surface area (Å²) in [5.41, 5.74) is 0.728. The van der Waals surface area contributed by atoms with Gasteiger partial charge in [0, 0.05) is 0 Å². The summed E-state index contributed by atoms with van der Waals surface area (Å²) in [5.74, 6) is 0. The molecule has 4 nitrogen and oxygen atoms in total. The fourth-order valence-electron chi connectivity index (χ4n) is 0.956. The van der Waals surface area contributed by atoms with Gasteiger partial charge >= 0.3 is 0 Å².